The number of aryl methyl sites for hydroxylation is 2. The maximum atomic E-state index is 12.4. The smallest absolute Gasteiger partial charge is 0.338 e. The van der Waals surface area contributed by atoms with Crippen LogP contribution in [0.15, 0.2) is 30.3 Å². The van der Waals surface area contributed by atoms with Crippen LogP contribution in [0, 0.1) is 24.0 Å². The number of anilines is 2. The van der Waals surface area contributed by atoms with E-state index in [1.807, 2.05) is 30.9 Å². The third-order valence-corrected chi connectivity index (χ3v) is 6.43. The van der Waals surface area contributed by atoms with Crippen LogP contribution in [0.25, 0.3) is 10.2 Å². The fraction of sp³-hybridized carbons (Fsp3) is 0.348. The summed E-state index contributed by atoms with van der Waals surface area (Å²) in [6, 6.07) is 8.30. The first-order valence-corrected chi connectivity index (χ1v) is 11.5. The average Bonchev–Trinajstić information content (AvgIpc) is 3.20. The molecule has 0 atom stereocenters. The number of amides is 1. The standard InChI is InChI=1S/C23H24N4O5S/c1-14-10-15(2)21-19(11-14)33-23(25-21)24-20(28)13-32-22(29)16-6-7-17(18(12-16)27(30)31)26-8-4-3-5-9-26/h6-7,10-12H,3-5,8-9,13H2,1-2H3,(H,24,25,28). The van der Waals surface area contributed by atoms with Crippen molar-refractivity contribution in [2.45, 2.75) is 33.1 Å². The summed E-state index contributed by atoms with van der Waals surface area (Å²) < 4.78 is 6.05. The van der Waals surface area contributed by atoms with Crippen molar-refractivity contribution >= 4 is 49.9 Å². The molecule has 1 N–H and O–H groups in total. The molecule has 2 aromatic carbocycles. The van der Waals surface area contributed by atoms with Crippen molar-refractivity contribution in [1.29, 1.82) is 0 Å². The fourth-order valence-electron chi connectivity index (χ4n) is 3.99. The molecule has 0 saturated carbocycles. The van der Waals surface area contributed by atoms with Gasteiger partial charge in [-0.1, -0.05) is 17.4 Å². The molecule has 0 aliphatic carbocycles. The molecule has 1 amide bonds. The molecule has 0 spiro atoms. The third kappa shape index (κ3) is 5.11. The van der Waals surface area contributed by atoms with Crippen LogP contribution in [0.1, 0.15) is 40.7 Å². The molecule has 1 aromatic heterocycles. The van der Waals surface area contributed by atoms with E-state index >= 15 is 0 Å². The van der Waals surface area contributed by atoms with Crippen LogP contribution in [-0.2, 0) is 9.53 Å². The molecule has 10 heteroatoms. The van der Waals surface area contributed by atoms with Crippen molar-refractivity contribution in [1.82, 2.24) is 4.98 Å². The lowest BCUT2D eigenvalue weighted by Crippen LogP contribution is -2.30. The highest BCUT2D eigenvalue weighted by Gasteiger charge is 2.24. The minimum absolute atomic E-state index is 0.0290. The summed E-state index contributed by atoms with van der Waals surface area (Å²) in [4.78, 5) is 42.2. The molecule has 33 heavy (non-hydrogen) atoms. The van der Waals surface area contributed by atoms with E-state index < -0.39 is 23.4 Å². The maximum absolute atomic E-state index is 12.4. The van der Waals surface area contributed by atoms with Crippen molar-refractivity contribution in [3.63, 3.8) is 0 Å². The molecule has 1 fully saturated rings. The first-order chi connectivity index (χ1) is 15.8. The first-order valence-electron chi connectivity index (χ1n) is 10.7. The minimum atomic E-state index is -0.797. The maximum Gasteiger partial charge on any atom is 0.338 e. The second-order valence-corrected chi connectivity index (χ2v) is 9.11. The second-order valence-electron chi connectivity index (χ2n) is 8.08. The zero-order valence-corrected chi connectivity index (χ0v) is 19.2. The molecule has 3 aromatic rings. The van der Waals surface area contributed by atoms with E-state index in [1.54, 1.807) is 6.07 Å². The van der Waals surface area contributed by atoms with Gasteiger partial charge < -0.3 is 9.64 Å². The van der Waals surface area contributed by atoms with E-state index in [2.05, 4.69) is 10.3 Å². The Balaban J connectivity index is 1.41. The summed E-state index contributed by atoms with van der Waals surface area (Å²) in [5, 5.41) is 14.6. The van der Waals surface area contributed by atoms with Crippen LogP contribution in [0.5, 0.6) is 0 Å². The molecule has 2 heterocycles. The molecule has 1 aliphatic rings. The molecule has 1 aliphatic heterocycles. The van der Waals surface area contributed by atoms with Gasteiger partial charge in [-0.25, -0.2) is 9.78 Å². The third-order valence-electron chi connectivity index (χ3n) is 5.52. The van der Waals surface area contributed by atoms with Gasteiger partial charge >= 0.3 is 5.97 Å². The summed E-state index contributed by atoms with van der Waals surface area (Å²) in [6.07, 6.45) is 3.06. The molecular formula is C23H24N4O5S. The Bertz CT molecular complexity index is 1230. The Morgan fingerprint density at radius 3 is 2.67 bits per heavy atom. The van der Waals surface area contributed by atoms with Crippen LogP contribution in [0.4, 0.5) is 16.5 Å². The molecule has 172 valence electrons. The Labute approximate surface area is 194 Å². The highest BCUT2D eigenvalue weighted by atomic mass is 32.1. The van der Waals surface area contributed by atoms with E-state index in [0.717, 1.165) is 53.7 Å². The predicted octanol–water partition coefficient (Wildman–Crippen LogP) is 4.61. The Morgan fingerprint density at radius 1 is 1.18 bits per heavy atom. The highest BCUT2D eigenvalue weighted by Crippen LogP contribution is 2.32. The Kier molecular flexibility index (Phi) is 6.55. The predicted molar refractivity (Wildman–Crippen MR) is 127 cm³/mol. The van der Waals surface area contributed by atoms with Gasteiger partial charge in [0.15, 0.2) is 11.7 Å². The van der Waals surface area contributed by atoms with E-state index in [9.17, 15) is 19.7 Å². The number of nitro benzene ring substituents is 1. The lowest BCUT2D eigenvalue weighted by molar-refractivity contribution is -0.384. The van der Waals surface area contributed by atoms with Gasteiger partial charge in [0.1, 0.15) is 5.69 Å². The number of thiazole rings is 1. The molecular weight excluding hydrogens is 444 g/mol. The lowest BCUT2D eigenvalue weighted by Gasteiger charge is -2.28. The Hall–Kier alpha value is -3.53. The van der Waals surface area contributed by atoms with Gasteiger partial charge in [-0.3, -0.25) is 20.2 Å². The summed E-state index contributed by atoms with van der Waals surface area (Å²) in [5.41, 5.74) is 3.32. The number of carbonyl (C=O) groups is 2. The van der Waals surface area contributed by atoms with Gasteiger partial charge in [0.25, 0.3) is 11.6 Å². The highest BCUT2D eigenvalue weighted by molar-refractivity contribution is 7.22. The van der Waals surface area contributed by atoms with Gasteiger partial charge in [-0.05, 0) is 62.4 Å². The number of hydrogen-bond acceptors (Lipinski definition) is 8. The van der Waals surface area contributed by atoms with E-state index in [4.69, 9.17) is 4.74 Å². The zero-order valence-electron chi connectivity index (χ0n) is 18.4. The van der Waals surface area contributed by atoms with Crippen molar-refractivity contribution in [3.05, 3.63) is 57.1 Å². The van der Waals surface area contributed by atoms with E-state index in [0.29, 0.717) is 10.8 Å². The molecule has 9 nitrogen and oxygen atoms in total. The molecule has 1 saturated heterocycles. The van der Waals surface area contributed by atoms with Gasteiger partial charge in [0, 0.05) is 19.2 Å². The van der Waals surface area contributed by atoms with Gasteiger partial charge in [-0.2, -0.15) is 0 Å². The van der Waals surface area contributed by atoms with Crippen molar-refractivity contribution < 1.29 is 19.2 Å². The van der Waals surface area contributed by atoms with Crippen LogP contribution < -0.4 is 10.2 Å². The summed E-state index contributed by atoms with van der Waals surface area (Å²) in [6.45, 7) is 4.92. The zero-order chi connectivity index (χ0) is 23.5. The fourth-order valence-corrected chi connectivity index (χ4v) is 5.05. The first kappa shape index (κ1) is 22.7. The topological polar surface area (TPSA) is 115 Å². The Morgan fingerprint density at radius 2 is 1.94 bits per heavy atom. The monoisotopic (exact) mass is 468 g/mol. The lowest BCUT2D eigenvalue weighted by atomic mass is 10.1. The number of nitro groups is 1. The molecule has 0 unspecified atom stereocenters. The largest absolute Gasteiger partial charge is 0.452 e. The number of hydrogen-bond donors (Lipinski definition) is 1. The number of carbonyl (C=O) groups excluding carboxylic acids is 2. The summed E-state index contributed by atoms with van der Waals surface area (Å²) in [5.74, 6) is -1.33. The van der Waals surface area contributed by atoms with Gasteiger partial charge in [-0.15, -0.1) is 0 Å². The minimum Gasteiger partial charge on any atom is -0.452 e. The van der Waals surface area contributed by atoms with Gasteiger partial charge in [0.05, 0.1) is 20.7 Å². The van der Waals surface area contributed by atoms with Crippen molar-refractivity contribution in [2.24, 2.45) is 0 Å². The number of benzene rings is 2. The number of fused-ring (bicyclic) bond motifs is 1. The van der Waals surface area contributed by atoms with Gasteiger partial charge in [0.2, 0.25) is 0 Å². The molecule has 0 bridgehead atoms. The second kappa shape index (κ2) is 9.53. The number of aromatic nitrogens is 1. The summed E-state index contributed by atoms with van der Waals surface area (Å²) >= 11 is 1.34. The molecule has 4 rings (SSSR count). The van der Waals surface area contributed by atoms with Crippen LogP contribution in [0.3, 0.4) is 0 Å². The molecule has 0 radical (unpaired) electrons. The van der Waals surface area contributed by atoms with E-state index in [-0.39, 0.29) is 11.3 Å². The normalized spacial score (nSPS) is 13.7. The number of piperidine rings is 1. The average molecular weight is 469 g/mol. The van der Waals surface area contributed by atoms with Crippen LogP contribution in [-0.4, -0.2) is 41.5 Å². The van der Waals surface area contributed by atoms with Crippen molar-refractivity contribution in [2.75, 3.05) is 29.9 Å². The van der Waals surface area contributed by atoms with Crippen molar-refractivity contribution in [3.8, 4) is 0 Å². The number of nitrogens with one attached hydrogen (secondary N) is 1. The van der Waals surface area contributed by atoms with Crippen LogP contribution in [0.2, 0.25) is 0 Å². The quantitative estimate of drug-likeness (QED) is 0.319. The number of rotatable bonds is 6. The van der Waals surface area contributed by atoms with Crippen LogP contribution >= 0.6 is 11.3 Å². The number of ether oxygens (including phenoxy) is 1. The summed E-state index contributed by atoms with van der Waals surface area (Å²) in [7, 11) is 0. The SMILES string of the molecule is Cc1cc(C)c2nc(NC(=O)COC(=O)c3ccc(N4CCCCC4)c([N+](=O)[O-])c3)sc2c1. The van der Waals surface area contributed by atoms with E-state index in [1.165, 1.54) is 23.5 Å². The number of esters is 1. The number of nitrogens with zero attached hydrogens (tertiary/aromatic N) is 3.